The number of fused-ring (bicyclic) bond motifs is 2. The molecule has 4 aromatic carbocycles. The molecular formula is C37H39N2O6+. The normalized spacial score (nSPS) is 18.8. The molecule has 0 spiro atoms. The Labute approximate surface area is 263 Å². The molecule has 8 nitrogen and oxygen atoms in total. The highest BCUT2D eigenvalue weighted by Crippen LogP contribution is 2.43. The Hall–Kier alpha value is -4.66. The van der Waals surface area contributed by atoms with E-state index in [1.54, 1.807) is 21.3 Å². The first-order valence-corrected chi connectivity index (χ1v) is 15.4. The van der Waals surface area contributed by atoms with Gasteiger partial charge in [-0.2, -0.15) is 0 Å². The van der Waals surface area contributed by atoms with Crippen molar-refractivity contribution >= 4 is 11.8 Å². The van der Waals surface area contributed by atoms with Crippen LogP contribution in [0, 0.1) is 0 Å². The SMILES string of the molecule is COc1ccc2cc1Oc1ccc(cc1)CC1c3cc(c(OC)cc3CCN1C)Oc1c(O)c(OC)cc3c1=C(C2)[NH+](C)CC=3. The minimum absolute atomic E-state index is 0.0435. The predicted octanol–water partition coefficient (Wildman–Crippen LogP) is 3.75. The average molecular weight is 608 g/mol. The third kappa shape index (κ3) is 5.24. The number of rotatable bonds is 3. The van der Waals surface area contributed by atoms with Gasteiger partial charge in [0.15, 0.2) is 34.5 Å². The summed E-state index contributed by atoms with van der Waals surface area (Å²) in [6.45, 7) is 1.71. The molecule has 0 saturated heterocycles. The molecule has 0 fully saturated rings. The molecule has 232 valence electrons. The topological polar surface area (TPSA) is 74.1 Å². The number of benzene rings is 4. The molecule has 4 aliphatic heterocycles. The van der Waals surface area contributed by atoms with Gasteiger partial charge < -0.3 is 33.7 Å². The number of nitrogens with zero attached hydrogens (tertiary/aromatic N) is 1. The van der Waals surface area contributed by atoms with Gasteiger partial charge in [0.25, 0.3) is 0 Å². The zero-order chi connectivity index (χ0) is 31.2. The number of nitrogens with one attached hydrogen (secondary N) is 1. The van der Waals surface area contributed by atoms with Crippen molar-refractivity contribution in [2.24, 2.45) is 0 Å². The lowest BCUT2D eigenvalue weighted by Gasteiger charge is -2.35. The molecule has 2 atom stereocenters. The number of hydrogen-bond donors (Lipinski definition) is 2. The summed E-state index contributed by atoms with van der Waals surface area (Å²) >= 11 is 0. The summed E-state index contributed by atoms with van der Waals surface area (Å²) in [6.07, 6.45) is 4.49. The van der Waals surface area contributed by atoms with Gasteiger partial charge in [-0.25, -0.2) is 0 Å². The molecule has 0 aromatic heterocycles. The van der Waals surface area contributed by atoms with Crippen LogP contribution in [0.2, 0.25) is 0 Å². The van der Waals surface area contributed by atoms with Gasteiger partial charge in [0.1, 0.15) is 18.0 Å². The smallest absolute Gasteiger partial charge is 0.202 e. The predicted molar refractivity (Wildman–Crippen MR) is 173 cm³/mol. The summed E-state index contributed by atoms with van der Waals surface area (Å²) in [5.74, 6) is 3.92. The van der Waals surface area contributed by atoms with E-state index in [4.69, 9.17) is 23.7 Å². The van der Waals surface area contributed by atoms with Crippen molar-refractivity contribution in [3.63, 3.8) is 0 Å². The molecule has 0 amide bonds. The molecular weight excluding hydrogens is 568 g/mol. The summed E-state index contributed by atoms with van der Waals surface area (Å²) in [6, 6.07) is 20.5. The van der Waals surface area contributed by atoms with Crippen LogP contribution in [0.15, 0.2) is 60.7 Å². The van der Waals surface area contributed by atoms with Crippen LogP contribution in [0.3, 0.4) is 0 Å². The molecule has 0 saturated carbocycles. The second kappa shape index (κ2) is 11.7. The van der Waals surface area contributed by atoms with Gasteiger partial charge in [0, 0.05) is 19.0 Å². The first-order chi connectivity index (χ1) is 21.9. The number of methoxy groups -OCH3 is 3. The van der Waals surface area contributed by atoms with E-state index in [1.165, 1.54) is 21.6 Å². The standard InChI is InChI=1S/C37H38N2O6/c1-38-14-12-24-19-31(42-4)33-21-27(24)28(38)16-22-6-9-26(10-7-22)44-32-18-23(8-11-30(32)41-3)17-29-35-25(13-15-39(29)2)20-34(43-5)36(40)37(35)45-33/h6-11,13,18-21,28,40H,12,14-17H2,1-5H3/p+1. The van der Waals surface area contributed by atoms with Crippen molar-refractivity contribution in [1.82, 2.24) is 4.90 Å². The molecule has 4 heterocycles. The molecule has 6 bridgehead atoms. The van der Waals surface area contributed by atoms with Crippen molar-refractivity contribution < 1.29 is 33.7 Å². The van der Waals surface area contributed by atoms with E-state index < -0.39 is 0 Å². The van der Waals surface area contributed by atoms with E-state index in [-0.39, 0.29) is 11.8 Å². The van der Waals surface area contributed by atoms with Gasteiger partial charge >= 0.3 is 0 Å². The van der Waals surface area contributed by atoms with Gasteiger partial charge in [-0.3, -0.25) is 4.90 Å². The van der Waals surface area contributed by atoms with E-state index in [0.717, 1.165) is 53.4 Å². The van der Waals surface area contributed by atoms with E-state index in [9.17, 15) is 5.11 Å². The van der Waals surface area contributed by atoms with Crippen molar-refractivity contribution in [3.05, 3.63) is 93.4 Å². The number of hydrogen-bond acceptors (Lipinski definition) is 7. The maximum absolute atomic E-state index is 11.6. The van der Waals surface area contributed by atoms with E-state index in [1.807, 2.05) is 30.3 Å². The first kappa shape index (κ1) is 29.1. The Morgan fingerprint density at radius 3 is 2.33 bits per heavy atom. The largest absolute Gasteiger partial charge is 0.502 e. The van der Waals surface area contributed by atoms with Crippen LogP contribution in [0.4, 0.5) is 0 Å². The zero-order valence-electron chi connectivity index (χ0n) is 26.4. The highest BCUT2D eigenvalue weighted by Gasteiger charge is 2.29. The lowest BCUT2D eigenvalue weighted by atomic mass is 9.88. The van der Waals surface area contributed by atoms with Gasteiger partial charge in [-0.15, -0.1) is 0 Å². The van der Waals surface area contributed by atoms with Gasteiger partial charge in [0.05, 0.1) is 33.6 Å². The maximum Gasteiger partial charge on any atom is 0.202 e. The Balaban J connectivity index is 1.51. The third-order valence-corrected chi connectivity index (χ3v) is 9.37. The first-order valence-electron chi connectivity index (χ1n) is 15.4. The van der Waals surface area contributed by atoms with Crippen LogP contribution < -0.4 is 39.0 Å². The summed E-state index contributed by atoms with van der Waals surface area (Å²) < 4.78 is 30.4. The molecule has 2 unspecified atom stereocenters. The van der Waals surface area contributed by atoms with Crippen molar-refractivity contribution in [2.75, 3.05) is 48.5 Å². The van der Waals surface area contributed by atoms with Crippen LogP contribution in [0.1, 0.15) is 28.3 Å². The summed E-state index contributed by atoms with van der Waals surface area (Å²) in [5.41, 5.74) is 5.76. The third-order valence-electron chi connectivity index (χ3n) is 9.37. The van der Waals surface area contributed by atoms with Crippen LogP contribution in [0.5, 0.6) is 46.0 Å². The average Bonchev–Trinajstić information content (AvgIpc) is 3.05. The van der Waals surface area contributed by atoms with Crippen LogP contribution in [0.25, 0.3) is 11.8 Å². The van der Waals surface area contributed by atoms with Crippen LogP contribution in [-0.4, -0.2) is 58.5 Å². The molecule has 4 aromatic rings. The number of quaternary nitrogens is 1. The van der Waals surface area contributed by atoms with Gasteiger partial charge in [-0.05, 0) is 95.9 Å². The van der Waals surface area contributed by atoms with Gasteiger partial charge in [0.2, 0.25) is 5.75 Å². The monoisotopic (exact) mass is 607 g/mol. The van der Waals surface area contributed by atoms with Crippen molar-refractivity contribution in [3.8, 4) is 46.0 Å². The maximum atomic E-state index is 11.6. The Morgan fingerprint density at radius 2 is 1.58 bits per heavy atom. The molecule has 8 rings (SSSR count). The van der Waals surface area contributed by atoms with E-state index in [2.05, 4.69) is 55.4 Å². The van der Waals surface area contributed by atoms with Gasteiger partial charge in [-0.1, -0.05) is 18.2 Å². The fourth-order valence-corrected chi connectivity index (χ4v) is 6.82. The molecule has 8 heteroatoms. The van der Waals surface area contributed by atoms with Crippen LogP contribution >= 0.6 is 0 Å². The quantitative estimate of drug-likeness (QED) is 0.368. The van der Waals surface area contributed by atoms with Crippen molar-refractivity contribution in [1.29, 1.82) is 0 Å². The number of aromatic hydroxyl groups is 1. The number of ether oxygens (including phenoxy) is 5. The Bertz CT molecular complexity index is 1900. The summed E-state index contributed by atoms with van der Waals surface area (Å²) in [5, 5.41) is 13.4. The highest BCUT2D eigenvalue weighted by atomic mass is 16.5. The van der Waals surface area contributed by atoms with Crippen LogP contribution in [-0.2, 0) is 19.3 Å². The molecule has 45 heavy (non-hydrogen) atoms. The number of likely N-dealkylation sites (N-methyl/N-ethyl adjacent to an activating group) is 2. The lowest BCUT2D eigenvalue weighted by Crippen LogP contribution is -3.08. The Morgan fingerprint density at radius 1 is 0.844 bits per heavy atom. The Kier molecular flexibility index (Phi) is 7.55. The number of phenols is 1. The minimum Gasteiger partial charge on any atom is -0.502 e. The highest BCUT2D eigenvalue weighted by molar-refractivity contribution is 5.62. The van der Waals surface area contributed by atoms with E-state index >= 15 is 0 Å². The summed E-state index contributed by atoms with van der Waals surface area (Å²) in [7, 11) is 9.18. The zero-order valence-corrected chi connectivity index (χ0v) is 26.4. The van der Waals surface area contributed by atoms with E-state index in [0.29, 0.717) is 40.9 Å². The number of phenolic OH excluding ortho intramolecular Hbond substituents is 1. The fourth-order valence-electron chi connectivity index (χ4n) is 6.82. The fraction of sp³-hybridized carbons (Fsp3) is 0.297. The molecule has 0 radical (unpaired) electrons. The molecule has 4 aliphatic rings. The second-order valence-electron chi connectivity index (χ2n) is 12.1. The summed E-state index contributed by atoms with van der Waals surface area (Å²) in [4.78, 5) is 3.58. The second-order valence-corrected chi connectivity index (χ2v) is 12.1. The molecule has 2 N–H and O–H groups in total. The lowest BCUT2D eigenvalue weighted by molar-refractivity contribution is -0.797. The van der Waals surface area contributed by atoms with Crippen molar-refractivity contribution in [2.45, 2.75) is 25.3 Å². The minimum atomic E-state index is -0.0435. The molecule has 0 aliphatic carbocycles.